The van der Waals surface area contributed by atoms with Gasteiger partial charge in [0.25, 0.3) is 0 Å². The zero-order valence-electron chi connectivity index (χ0n) is 8.07. The molecule has 1 heterocycles. The Labute approximate surface area is 82.0 Å². The topological polar surface area (TPSA) is 49.6 Å². The second-order valence-electron chi connectivity index (χ2n) is 3.21. The van der Waals surface area contributed by atoms with Crippen molar-refractivity contribution in [3.8, 4) is 6.07 Å². The predicted octanol–water partition coefficient (Wildman–Crippen LogP) is 2.12. The molecule has 0 saturated carbocycles. The van der Waals surface area contributed by atoms with Gasteiger partial charge in [0.1, 0.15) is 0 Å². The minimum Gasteiger partial charge on any atom is -0.250 e. The predicted molar refractivity (Wildman–Crippen MR) is 53.7 cm³/mol. The molecular weight excluding hydrogens is 174 g/mol. The maximum Gasteiger partial charge on any atom is 0.0992 e. The maximum atomic E-state index is 8.72. The Hall–Kier alpha value is -1.95. The van der Waals surface area contributed by atoms with Gasteiger partial charge in [-0.3, -0.25) is 0 Å². The smallest absolute Gasteiger partial charge is 0.0992 e. The van der Waals surface area contributed by atoms with Gasteiger partial charge in [-0.2, -0.15) is 5.26 Å². The summed E-state index contributed by atoms with van der Waals surface area (Å²) in [5, 5.41) is 8.72. The van der Waals surface area contributed by atoms with Gasteiger partial charge in [-0.1, -0.05) is 0 Å². The van der Waals surface area contributed by atoms with E-state index >= 15 is 0 Å². The summed E-state index contributed by atoms with van der Waals surface area (Å²) in [7, 11) is 0. The molecule has 0 fully saturated rings. The fourth-order valence-electron chi connectivity index (χ4n) is 1.30. The number of nitriles is 1. The molecule has 0 amide bonds. The van der Waals surface area contributed by atoms with Gasteiger partial charge in [0.2, 0.25) is 0 Å². The molecule has 0 aliphatic carbocycles. The van der Waals surface area contributed by atoms with E-state index < -0.39 is 0 Å². The van der Waals surface area contributed by atoms with Crippen molar-refractivity contribution in [1.82, 2.24) is 9.97 Å². The van der Waals surface area contributed by atoms with Crippen molar-refractivity contribution < 1.29 is 0 Å². The third kappa shape index (κ3) is 1.31. The van der Waals surface area contributed by atoms with E-state index in [4.69, 9.17) is 5.26 Å². The number of fused-ring (bicyclic) bond motifs is 1. The second-order valence-corrected chi connectivity index (χ2v) is 3.21. The molecule has 2 aromatic rings. The maximum absolute atomic E-state index is 8.72. The Kier molecular flexibility index (Phi) is 1.90. The summed E-state index contributed by atoms with van der Waals surface area (Å²) < 4.78 is 0. The van der Waals surface area contributed by atoms with Gasteiger partial charge in [-0.05, 0) is 32.0 Å². The monoisotopic (exact) mass is 183 g/mol. The lowest BCUT2D eigenvalue weighted by molar-refractivity contribution is 1.10. The average Bonchev–Trinajstić information content (AvgIpc) is 2.19. The van der Waals surface area contributed by atoms with E-state index in [1.807, 2.05) is 19.9 Å². The number of benzene rings is 1. The van der Waals surface area contributed by atoms with Crippen molar-refractivity contribution in [2.24, 2.45) is 0 Å². The molecule has 0 aliphatic heterocycles. The molecule has 3 heteroatoms. The van der Waals surface area contributed by atoms with Crippen LogP contribution in [-0.2, 0) is 0 Å². The van der Waals surface area contributed by atoms with Crippen LogP contribution in [0.15, 0.2) is 18.2 Å². The Morgan fingerprint density at radius 1 is 1.07 bits per heavy atom. The molecular formula is C11H9N3. The summed E-state index contributed by atoms with van der Waals surface area (Å²) in [5.41, 5.74) is 4.09. The number of aryl methyl sites for hydroxylation is 2. The standard InChI is InChI=1S/C11H9N3/c1-7-8(2)14-11-5-9(6-12)3-4-10(11)13-7/h3-5H,1-2H3. The van der Waals surface area contributed by atoms with Crippen LogP contribution < -0.4 is 0 Å². The molecule has 1 aromatic heterocycles. The highest BCUT2D eigenvalue weighted by Gasteiger charge is 2.01. The van der Waals surface area contributed by atoms with E-state index in [2.05, 4.69) is 16.0 Å². The van der Waals surface area contributed by atoms with Crippen LogP contribution in [0.25, 0.3) is 11.0 Å². The van der Waals surface area contributed by atoms with Crippen LogP contribution in [0.2, 0.25) is 0 Å². The minimum atomic E-state index is 0.620. The van der Waals surface area contributed by atoms with Crippen LogP contribution >= 0.6 is 0 Å². The van der Waals surface area contributed by atoms with Gasteiger partial charge in [0.15, 0.2) is 0 Å². The summed E-state index contributed by atoms with van der Waals surface area (Å²) in [5.74, 6) is 0. The van der Waals surface area contributed by atoms with E-state index in [0.29, 0.717) is 5.56 Å². The quantitative estimate of drug-likeness (QED) is 0.628. The molecule has 0 spiro atoms. The largest absolute Gasteiger partial charge is 0.250 e. The summed E-state index contributed by atoms with van der Waals surface area (Å²) >= 11 is 0. The number of hydrogen-bond acceptors (Lipinski definition) is 3. The molecule has 0 radical (unpaired) electrons. The van der Waals surface area contributed by atoms with Gasteiger partial charge in [0.05, 0.1) is 34.1 Å². The van der Waals surface area contributed by atoms with E-state index in [1.165, 1.54) is 0 Å². The van der Waals surface area contributed by atoms with E-state index in [0.717, 1.165) is 22.4 Å². The fraction of sp³-hybridized carbons (Fsp3) is 0.182. The van der Waals surface area contributed by atoms with Crippen LogP contribution in [0.3, 0.4) is 0 Å². The van der Waals surface area contributed by atoms with Crippen molar-refractivity contribution in [3.05, 3.63) is 35.2 Å². The molecule has 0 atom stereocenters. The third-order valence-electron chi connectivity index (χ3n) is 2.20. The van der Waals surface area contributed by atoms with Crippen LogP contribution in [0.1, 0.15) is 17.0 Å². The van der Waals surface area contributed by atoms with Crippen LogP contribution in [0.4, 0.5) is 0 Å². The van der Waals surface area contributed by atoms with Gasteiger partial charge in [-0.25, -0.2) is 9.97 Å². The molecule has 3 nitrogen and oxygen atoms in total. The highest BCUT2D eigenvalue weighted by molar-refractivity contribution is 5.76. The average molecular weight is 183 g/mol. The van der Waals surface area contributed by atoms with Crippen LogP contribution in [0.5, 0.6) is 0 Å². The molecule has 68 valence electrons. The first-order valence-corrected chi connectivity index (χ1v) is 4.36. The third-order valence-corrected chi connectivity index (χ3v) is 2.20. The van der Waals surface area contributed by atoms with Crippen LogP contribution in [-0.4, -0.2) is 9.97 Å². The highest BCUT2D eigenvalue weighted by atomic mass is 14.8. The number of hydrogen-bond donors (Lipinski definition) is 0. The number of nitrogens with zero attached hydrogens (tertiary/aromatic N) is 3. The molecule has 0 N–H and O–H groups in total. The van der Waals surface area contributed by atoms with Crippen molar-refractivity contribution in [2.45, 2.75) is 13.8 Å². The second kappa shape index (κ2) is 3.08. The van der Waals surface area contributed by atoms with E-state index in [-0.39, 0.29) is 0 Å². The summed E-state index contributed by atoms with van der Waals surface area (Å²) in [6, 6.07) is 7.43. The summed E-state index contributed by atoms with van der Waals surface area (Å²) in [6.45, 7) is 3.85. The Balaban J connectivity index is 2.78. The minimum absolute atomic E-state index is 0.620. The summed E-state index contributed by atoms with van der Waals surface area (Å²) in [6.07, 6.45) is 0. The lowest BCUT2D eigenvalue weighted by atomic mass is 10.2. The van der Waals surface area contributed by atoms with Gasteiger partial charge in [0, 0.05) is 0 Å². The van der Waals surface area contributed by atoms with Crippen molar-refractivity contribution >= 4 is 11.0 Å². The summed E-state index contributed by atoms with van der Waals surface area (Å²) in [4.78, 5) is 8.75. The van der Waals surface area contributed by atoms with Gasteiger partial charge >= 0.3 is 0 Å². The van der Waals surface area contributed by atoms with Crippen LogP contribution in [0, 0.1) is 25.2 Å². The molecule has 0 aliphatic rings. The molecule has 0 bridgehead atoms. The molecule has 2 rings (SSSR count). The number of rotatable bonds is 0. The van der Waals surface area contributed by atoms with Gasteiger partial charge < -0.3 is 0 Å². The van der Waals surface area contributed by atoms with Crippen molar-refractivity contribution in [1.29, 1.82) is 5.26 Å². The lowest BCUT2D eigenvalue weighted by Gasteiger charge is -2.01. The number of aromatic nitrogens is 2. The van der Waals surface area contributed by atoms with Crippen molar-refractivity contribution in [3.63, 3.8) is 0 Å². The van der Waals surface area contributed by atoms with Gasteiger partial charge in [-0.15, -0.1) is 0 Å². The molecule has 14 heavy (non-hydrogen) atoms. The lowest BCUT2D eigenvalue weighted by Crippen LogP contribution is -1.93. The zero-order valence-corrected chi connectivity index (χ0v) is 8.07. The Morgan fingerprint density at radius 3 is 2.36 bits per heavy atom. The highest BCUT2D eigenvalue weighted by Crippen LogP contribution is 2.13. The molecule has 0 unspecified atom stereocenters. The fourth-order valence-corrected chi connectivity index (χ4v) is 1.30. The SMILES string of the molecule is Cc1nc2ccc(C#N)cc2nc1C. The normalized spacial score (nSPS) is 10.1. The van der Waals surface area contributed by atoms with E-state index in [9.17, 15) is 0 Å². The molecule has 0 saturated heterocycles. The first kappa shape index (κ1) is 8.64. The first-order chi connectivity index (χ1) is 6.70. The molecule has 1 aromatic carbocycles. The first-order valence-electron chi connectivity index (χ1n) is 4.36. The zero-order chi connectivity index (χ0) is 10.1. The van der Waals surface area contributed by atoms with Crippen molar-refractivity contribution in [2.75, 3.05) is 0 Å². The Bertz CT molecular complexity index is 538. The Morgan fingerprint density at radius 2 is 1.71 bits per heavy atom. The van der Waals surface area contributed by atoms with E-state index in [1.54, 1.807) is 12.1 Å².